The third kappa shape index (κ3) is 6.00. The molecule has 0 aliphatic heterocycles. The summed E-state index contributed by atoms with van der Waals surface area (Å²) >= 11 is 0. The number of hydrogen-bond acceptors (Lipinski definition) is 4. The molecule has 1 aliphatic carbocycles. The summed E-state index contributed by atoms with van der Waals surface area (Å²) in [7, 11) is 0. The molecule has 0 fully saturated rings. The second-order valence-corrected chi connectivity index (χ2v) is 6.89. The van der Waals surface area contributed by atoms with Gasteiger partial charge in [0.2, 0.25) is 0 Å². The molecule has 31 heavy (non-hydrogen) atoms. The van der Waals surface area contributed by atoms with Crippen molar-refractivity contribution in [2.75, 3.05) is 5.32 Å². The Labute approximate surface area is 176 Å². The zero-order valence-corrected chi connectivity index (χ0v) is 16.6. The number of carbonyl (C=O) groups is 1. The van der Waals surface area contributed by atoms with E-state index in [2.05, 4.69) is 20.6 Å². The number of anilines is 1. The molecule has 5 nitrogen and oxygen atoms in total. The number of halogens is 4. The zero-order valence-electron chi connectivity index (χ0n) is 16.6. The Bertz CT molecular complexity index is 1030. The van der Waals surface area contributed by atoms with Crippen molar-refractivity contribution in [1.29, 1.82) is 0 Å². The molecular formula is C22H20F4N4O. The predicted molar refractivity (Wildman–Crippen MR) is 110 cm³/mol. The van der Waals surface area contributed by atoms with Crippen LogP contribution in [-0.4, -0.2) is 16.6 Å². The van der Waals surface area contributed by atoms with Gasteiger partial charge in [0, 0.05) is 35.6 Å². The Morgan fingerprint density at radius 1 is 1.26 bits per heavy atom. The van der Waals surface area contributed by atoms with Gasteiger partial charge in [0.25, 0.3) is 5.91 Å². The number of aliphatic imine (C=N–C) groups is 1. The summed E-state index contributed by atoms with van der Waals surface area (Å²) in [4.78, 5) is 19.9. The lowest BCUT2D eigenvalue weighted by Gasteiger charge is -2.15. The van der Waals surface area contributed by atoms with Crippen molar-refractivity contribution in [1.82, 2.24) is 10.3 Å². The van der Waals surface area contributed by atoms with Crippen LogP contribution >= 0.6 is 0 Å². The molecule has 1 aromatic carbocycles. The van der Waals surface area contributed by atoms with E-state index in [9.17, 15) is 22.4 Å². The Hall–Kier alpha value is -3.49. The highest BCUT2D eigenvalue weighted by atomic mass is 19.4. The summed E-state index contributed by atoms with van der Waals surface area (Å²) in [5, 5.41) is 5.56. The fourth-order valence-electron chi connectivity index (χ4n) is 2.90. The second kappa shape index (κ2) is 9.55. The van der Waals surface area contributed by atoms with Gasteiger partial charge in [-0.25, -0.2) is 4.39 Å². The monoisotopic (exact) mass is 432 g/mol. The van der Waals surface area contributed by atoms with Gasteiger partial charge in [-0.15, -0.1) is 0 Å². The van der Waals surface area contributed by atoms with E-state index in [-0.39, 0.29) is 5.56 Å². The largest absolute Gasteiger partial charge is 0.433 e. The molecule has 0 radical (unpaired) electrons. The number of aromatic nitrogens is 1. The highest BCUT2D eigenvalue weighted by Gasteiger charge is 2.32. The number of pyridine rings is 1. The average molecular weight is 432 g/mol. The highest BCUT2D eigenvalue weighted by molar-refractivity contribution is 6.04. The Morgan fingerprint density at radius 3 is 2.71 bits per heavy atom. The molecule has 1 aliphatic rings. The van der Waals surface area contributed by atoms with Crippen LogP contribution in [0.2, 0.25) is 0 Å². The van der Waals surface area contributed by atoms with Gasteiger partial charge in [0.05, 0.1) is 11.6 Å². The molecule has 9 heteroatoms. The Morgan fingerprint density at radius 2 is 2.06 bits per heavy atom. The number of nitrogens with one attached hydrogen (secondary N) is 2. The maximum absolute atomic E-state index is 14.3. The lowest BCUT2D eigenvalue weighted by Crippen LogP contribution is -2.16. The van der Waals surface area contributed by atoms with Crippen LogP contribution in [0.25, 0.3) is 0 Å². The average Bonchev–Trinajstić information content (AvgIpc) is 3.25. The van der Waals surface area contributed by atoms with Gasteiger partial charge in [-0.3, -0.25) is 14.8 Å². The molecule has 1 amide bonds. The summed E-state index contributed by atoms with van der Waals surface area (Å²) in [6.45, 7) is 1.75. The molecule has 1 heterocycles. The minimum absolute atomic E-state index is 0.0481. The molecule has 2 N–H and O–H groups in total. The quantitative estimate of drug-likeness (QED) is 0.601. The second-order valence-electron chi connectivity index (χ2n) is 6.89. The van der Waals surface area contributed by atoms with Crippen LogP contribution in [0.3, 0.4) is 0 Å². The standard InChI is InChI=1S/C22H20F4N4O/c1-14(27-10-11-28-16-4-2-3-5-16)18-12-17(7-8-19(18)23)30-21(31)15-6-9-20(29-13-15)22(24,25)26/h2,4,6-14,27H,3,5H2,1H3,(H,30,31). The van der Waals surface area contributed by atoms with Crippen molar-refractivity contribution in [3.63, 3.8) is 0 Å². The number of allylic oxidation sites excluding steroid dienone is 2. The topological polar surface area (TPSA) is 66.4 Å². The number of benzene rings is 1. The molecule has 1 aromatic heterocycles. The van der Waals surface area contributed by atoms with E-state index in [4.69, 9.17) is 0 Å². The molecule has 0 saturated carbocycles. The molecule has 1 atom stereocenters. The van der Waals surface area contributed by atoms with Crippen LogP contribution in [-0.2, 0) is 6.18 Å². The molecule has 162 valence electrons. The Balaban J connectivity index is 1.65. The number of alkyl halides is 3. The van der Waals surface area contributed by atoms with Gasteiger partial charge >= 0.3 is 6.18 Å². The van der Waals surface area contributed by atoms with Gasteiger partial charge < -0.3 is 10.6 Å². The lowest BCUT2D eigenvalue weighted by molar-refractivity contribution is -0.141. The third-order valence-electron chi connectivity index (χ3n) is 4.57. The number of amides is 1. The number of carbonyl (C=O) groups excluding carboxylic acids is 1. The van der Waals surface area contributed by atoms with Gasteiger partial charge in [0.1, 0.15) is 11.5 Å². The van der Waals surface area contributed by atoms with E-state index in [0.717, 1.165) is 36.9 Å². The van der Waals surface area contributed by atoms with Gasteiger partial charge in [0.15, 0.2) is 0 Å². The number of hydrogen-bond donors (Lipinski definition) is 2. The van der Waals surface area contributed by atoms with Crippen molar-refractivity contribution in [2.24, 2.45) is 4.99 Å². The Kier molecular flexibility index (Phi) is 6.84. The molecule has 0 bridgehead atoms. The molecule has 2 aromatic rings. The molecule has 0 saturated heterocycles. The summed E-state index contributed by atoms with van der Waals surface area (Å²) < 4.78 is 52.0. The van der Waals surface area contributed by atoms with E-state index in [1.807, 2.05) is 12.2 Å². The first kappa shape index (κ1) is 22.2. The summed E-state index contributed by atoms with van der Waals surface area (Å²) in [6, 6.07) is 5.39. The van der Waals surface area contributed by atoms with Crippen LogP contribution in [0.1, 0.15) is 47.4 Å². The van der Waals surface area contributed by atoms with E-state index in [0.29, 0.717) is 11.3 Å². The highest BCUT2D eigenvalue weighted by Crippen LogP contribution is 2.27. The van der Waals surface area contributed by atoms with Crippen molar-refractivity contribution >= 4 is 17.3 Å². The SMILES string of the molecule is CC(NC=CN=C1C=CCC1)c1cc(NC(=O)c2ccc(C(F)(F)F)nc2)ccc1F. The number of nitrogens with zero attached hydrogens (tertiary/aromatic N) is 2. The fraction of sp³-hybridized carbons (Fsp3) is 0.227. The first-order valence-corrected chi connectivity index (χ1v) is 9.52. The van der Waals surface area contributed by atoms with Crippen LogP contribution in [0, 0.1) is 5.82 Å². The first-order valence-electron chi connectivity index (χ1n) is 9.52. The van der Waals surface area contributed by atoms with Crippen LogP contribution in [0.4, 0.5) is 23.2 Å². The molecule has 3 rings (SSSR count). The lowest BCUT2D eigenvalue weighted by atomic mass is 10.1. The summed E-state index contributed by atoms with van der Waals surface area (Å²) in [6.07, 6.45) is 5.33. The van der Waals surface area contributed by atoms with Crippen molar-refractivity contribution in [3.8, 4) is 0 Å². The first-order chi connectivity index (χ1) is 14.7. The van der Waals surface area contributed by atoms with Crippen molar-refractivity contribution in [2.45, 2.75) is 32.0 Å². The maximum Gasteiger partial charge on any atom is 0.433 e. The van der Waals surface area contributed by atoms with Gasteiger partial charge in [-0.1, -0.05) is 6.08 Å². The predicted octanol–water partition coefficient (Wildman–Crippen LogP) is 5.40. The molecule has 1 unspecified atom stereocenters. The van der Waals surface area contributed by atoms with E-state index < -0.39 is 29.6 Å². The van der Waals surface area contributed by atoms with Crippen molar-refractivity contribution < 1.29 is 22.4 Å². The molecule has 0 spiro atoms. The van der Waals surface area contributed by atoms with E-state index >= 15 is 0 Å². The van der Waals surface area contributed by atoms with Gasteiger partial charge in [-0.2, -0.15) is 13.2 Å². The third-order valence-corrected chi connectivity index (χ3v) is 4.57. The summed E-state index contributed by atoms with van der Waals surface area (Å²) in [5.41, 5.74) is 0.444. The fourth-order valence-corrected chi connectivity index (χ4v) is 2.90. The van der Waals surface area contributed by atoms with Crippen LogP contribution < -0.4 is 10.6 Å². The maximum atomic E-state index is 14.3. The number of rotatable bonds is 6. The minimum Gasteiger partial charge on any atom is -0.383 e. The summed E-state index contributed by atoms with van der Waals surface area (Å²) in [5.74, 6) is -1.12. The minimum atomic E-state index is -4.59. The van der Waals surface area contributed by atoms with E-state index in [1.165, 1.54) is 18.2 Å². The normalized spacial score (nSPS) is 16.1. The van der Waals surface area contributed by atoms with Crippen LogP contribution in [0.15, 0.2) is 66.1 Å². The van der Waals surface area contributed by atoms with E-state index in [1.54, 1.807) is 19.3 Å². The van der Waals surface area contributed by atoms with Crippen molar-refractivity contribution in [3.05, 3.63) is 83.7 Å². The van der Waals surface area contributed by atoms with Crippen LogP contribution in [0.5, 0.6) is 0 Å². The zero-order chi connectivity index (χ0) is 22.4. The van der Waals surface area contributed by atoms with Gasteiger partial charge in [-0.05, 0) is 56.2 Å². The molecular weight excluding hydrogens is 412 g/mol. The smallest absolute Gasteiger partial charge is 0.383 e.